The van der Waals surface area contributed by atoms with E-state index in [0.29, 0.717) is 6.04 Å². The molecule has 1 N–H and O–H groups in total. The van der Waals surface area contributed by atoms with Crippen LogP contribution in [0.15, 0.2) is 6.20 Å². The van der Waals surface area contributed by atoms with Crippen LogP contribution in [0.25, 0.3) is 0 Å². The van der Waals surface area contributed by atoms with Crippen molar-refractivity contribution < 1.29 is 0 Å². The highest BCUT2D eigenvalue weighted by Gasteiger charge is 2.29. The topological polar surface area (TPSA) is 42.7 Å². The van der Waals surface area contributed by atoms with E-state index in [-0.39, 0.29) is 0 Å². The molecule has 0 saturated heterocycles. The maximum absolute atomic E-state index is 4.06. The summed E-state index contributed by atoms with van der Waals surface area (Å²) < 4.78 is 1.91. The van der Waals surface area contributed by atoms with Gasteiger partial charge in [-0.15, -0.1) is 5.10 Å². The Kier molecular flexibility index (Phi) is 5.37. The summed E-state index contributed by atoms with van der Waals surface area (Å²) >= 11 is 0. The number of nitrogens with one attached hydrogen (secondary N) is 1. The van der Waals surface area contributed by atoms with Gasteiger partial charge in [0.15, 0.2) is 0 Å². The molecule has 4 nitrogen and oxygen atoms in total. The Morgan fingerprint density at radius 3 is 2.63 bits per heavy atom. The van der Waals surface area contributed by atoms with Crippen molar-refractivity contribution >= 4 is 0 Å². The minimum Gasteiger partial charge on any atom is -0.311 e. The summed E-state index contributed by atoms with van der Waals surface area (Å²) in [6, 6.07) is 0.409. The Morgan fingerprint density at radius 1 is 1.37 bits per heavy atom. The highest BCUT2D eigenvalue weighted by molar-refractivity contribution is 5.04. The van der Waals surface area contributed by atoms with Gasteiger partial charge in [0.05, 0.1) is 17.9 Å². The minimum absolute atomic E-state index is 0.409. The lowest BCUT2D eigenvalue weighted by Crippen LogP contribution is -2.30. The van der Waals surface area contributed by atoms with Crippen molar-refractivity contribution in [3.63, 3.8) is 0 Å². The Hall–Kier alpha value is -0.900. The molecule has 108 valence electrons. The number of rotatable bonds is 6. The van der Waals surface area contributed by atoms with Gasteiger partial charge in [0.1, 0.15) is 0 Å². The number of nitrogens with zero attached hydrogens (tertiary/aromatic N) is 3. The lowest BCUT2D eigenvalue weighted by atomic mass is 9.76. The second-order valence-corrected chi connectivity index (χ2v) is 5.97. The monoisotopic (exact) mass is 264 g/mol. The normalized spacial score (nSPS) is 25.4. The first-order valence-electron chi connectivity index (χ1n) is 7.78. The predicted octanol–water partition coefficient (Wildman–Crippen LogP) is 3.07. The van der Waals surface area contributed by atoms with Gasteiger partial charge in [-0.25, -0.2) is 0 Å². The first-order chi connectivity index (χ1) is 9.26. The smallest absolute Gasteiger partial charge is 0.0755 e. The first kappa shape index (κ1) is 14.5. The third-order valence-corrected chi connectivity index (χ3v) is 4.71. The van der Waals surface area contributed by atoms with E-state index in [1.807, 2.05) is 17.9 Å². The molecule has 0 aliphatic heterocycles. The van der Waals surface area contributed by atoms with E-state index >= 15 is 0 Å². The third kappa shape index (κ3) is 3.56. The van der Waals surface area contributed by atoms with Crippen molar-refractivity contribution in [3.8, 4) is 0 Å². The van der Waals surface area contributed by atoms with E-state index in [1.165, 1.54) is 50.6 Å². The molecule has 1 aliphatic carbocycles. The van der Waals surface area contributed by atoms with Crippen LogP contribution in [0.5, 0.6) is 0 Å². The molecule has 1 saturated carbocycles. The molecule has 0 spiro atoms. The summed E-state index contributed by atoms with van der Waals surface area (Å²) in [6.45, 7) is 2.29. The zero-order valence-electron chi connectivity index (χ0n) is 12.6. The van der Waals surface area contributed by atoms with Gasteiger partial charge >= 0.3 is 0 Å². The minimum atomic E-state index is 0.409. The maximum Gasteiger partial charge on any atom is 0.0755 e. The van der Waals surface area contributed by atoms with E-state index in [2.05, 4.69) is 29.6 Å². The third-order valence-electron chi connectivity index (χ3n) is 4.71. The molecule has 19 heavy (non-hydrogen) atoms. The molecule has 1 atom stereocenters. The van der Waals surface area contributed by atoms with Crippen LogP contribution in [0.2, 0.25) is 0 Å². The molecule has 0 radical (unpaired) electrons. The summed E-state index contributed by atoms with van der Waals surface area (Å²) in [5, 5.41) is 11.5. The van der Waals surface area contributed by atoms with E-state index in [1.54, 1.807) is 0 Å². The maximum atomic E-state index is 4.06. The van der Waals surface area contributed by atoms with Crippen molar-refractivity contribution in [2.75, 3.05) is 7.05 Å². The highest BCUT2D eigenvalue weighted by Crippen LogP contribution is 2.38. The molecule has 1 aliphatic rings. The molecule has 0 aromatic carbocycles. The van der Waals surface area contributed by atoms with Gasteiger partial charge in [-0.1, -0.05) is 44.2 Å². The van der Waals surface area contributed by atoms with Gasteiger partial charge in [-0.2, -0.15) is 0 Å². The molecule has 1 heterocycles. The van der Waals surface area contributed by atoms with Gasteiger partial charge in [0.25, 0.3) is 0 Å². The number of aromatic nitrogens is 3. The molecule has 4 heteroatoms. The fourth-order valence-electron chi connectivity index (χ4n) is 3.51. The van der Waals surface area contributed by atoms with Crippen molar-refractivity contribution in [2.24, 2.45) is 18.9 Å². The lowest BCUT2D eigenvalue weighted by Gasteiger charge is -2.33. The summed E-state index contributed by atoms with van der Waals surface area (Å²) in [5.74, 6) is 1.71. The van der Waals surface area contributed by atoms with Crippen LogP contribution in [0.4, 0.5) is 0 Å². The summed E-state index contributed by atoms with van der Waals surface area (Å²) in [5.41, 5.74) is 1.22. The molecule has 1 fully saturated rings. The average Bonchev–Trinajstić information content (AvgIpc) is 2.85. The van der Waals surface area contributed by atoms with E-state index in [9.17, 15) is 0 Å². The number of hydrogen-bond donors (Lipinski definition) is 1. The van der Waals surface area contributed by atoms with E-state index in [4.69, 9.17) is 0 Å². The zero-order chi connectivity index (χ0) is 13.7. The molecule has 0 amide bonds. The second kappa shape index (κ2) is 7.04. The van der Waals surface area contributed by atoms with E-state index in [0.717, 1.165) is 11.8 Å². The Bertz CT molecular complexity index is 366. The zero-order valence-corrected chi connectivity index (χ0v) is 12.6. The lowest BCUT2D eigenvalue weighted by molar-refractivity contribution is 0.213. The molecular weight excluding hydrogens is 236 g/mol. The fraction of sp³-hybridized carbons (Fsp3) is 0.867. The van der Waals surface area contributed by atoms with Crippen LogP contribution >= 0.6 is 0 Å². The second-order valence-electron chi connectivity index (χ2n) is 5.97. The SMILES string of the molecule is CCCCC1CCC(C(NC)c2cnnn2C)CC1. The highest BCUT2D eigenvalue weighted by atomic mass is 15.4. The molecule has 1 aromatic heterocycles. The predicted molar refractivity (Wildman–Crippen MR) is 77.8 cm³/mol. The van der Waals surface area contributed by atoms with Crippen LogP contribution in [-0.4, -0.2) is 22.0 Å². The Labute approximate surface area is 117 Å². The summed E-state index contributed by atoms with van der Waals surface area (Å²) in [7, 11) is 4.04. The van der Waals surface area contributed by atoms with Crippen LogP contribution < -0.4 is 5.32 Å². The quantitative estimate of drug-likeness (QED) is 0.858. The van der Waals surface area contributed by atoms with E-state index < -0.39 is 0 Å². The Morgan fingerprint density at radius 2 is 2.11 bits per heavy atom. The van der Waals surface area contributed by atoms with Crippen LogP contribution in [-0.2, 0) is 7.05 Å². The largest absolute Gasteiger partial charge is 0.311 e. The fourth-order valence-corrected chi connectivity index (χ4v) is 3.51. The van der Waals surface area contributed by atoms with Crippen LogP contribution in [0, 0.1) is 11.8 Å². The van der Waals surface area contributed by atoms with Crippen molar-refractivity contribution in [3.05, 3.63) is 11.9 Å². The number of aryl methyl sites for hydroxylation is 1. The van der Waals surface area contributed by atoms with Crippen molar-refractivity contribution in [2.45, 2.75) is 57.9 Å². The standard InChI is InChI=1S/C15H28N4/c1-4-5-6-12-7-9-13(10-8-12)15(16-2)14-11-17-18-19(14)3/h11-13,15-16H,4-10H2,1-3H3. The average molecular weight is 264 g/mol. The van der Waals surface area contributed by atoms with Crippen LogP contribution in [0.3, 0.4) is 0 Å². The molecular formula is C15H28N4. The van der Waals surface area contributed by atoms with Gasteiger partial charge in [0.2, 0.25) is 0 Å². The van der Waals surface area contributed by atoms with Crippen molar-refractivity contribution in [1.29, 1.82) is 0 Å². The van der Waals surface area contributed by atoms with Gasteiger partial charge < -0.3 is 5.32 Å². The number of unbranched alkanes of at least 4 members (excludes halogenated alkanes) is 1. The molecule has 0 bridgehead atoms. The van der Waals surface area contributed by atoms with Gasteiger partial charge in [-0.3, -0.25) is 4.68 Å². The van der Waals surface area contributed by atoms with Crippen LogP contribution in [0.1, 0.15) is 63.6 Å². The Balaban J connectivity index is 1.90. The molecule has 1 unspecified atom stereocenters. The molecule has 2 rings (SSSR count). The summed E-state index contributed by atoms with van der Waals surface area (Å²) in [6.07, 6.45) is 11.5. The van der Waals surface area contributed by atoms with Gasteiger partial charge in [-0.05, 0) is 31.7 Å². The number of hydrogen-bond acceptors (Lipinski definition) is 3. The first-order valence-corrected chi connectivity index (χ1v) is 7.78. The summed E-state index contributed by atoms with van der Waals surface area (Å²) in [4.78, 5) is 0. The van der Waals surface area contributed by atoms with Gasteiger partial charge in [0, 0.05) is 7.05 Å². The van der Waals surface area contributed by atoms with Crippen molar-refractivity contribution in [1.82, 2.24) is 20.3 Å². The molecule has 1 aromatic rings.